The molecular formula is C27H24FNO4. The third-order valence-corrected chi connectivity index (χ3v) is 8.02. The van der Waals surface area contributed by atoms with E-state index >= 15 is 4.39 Å². The van der Waals surface area contributed by atoms with Crippen LogP contribution in [0.3, 0.4) is 0 Å². The second-order valence-electron chi connectivity index (χ2n) is 9.79. The summed E-state index contributed by atoms with van der Waals surface area (Å²) in [7, 11) is 0. The summed E-state index contributed by atoms with van der Waals surface area (Å²) >= 11 is 0. The molecule has 6 heteroatoms. The molecular weight excluding hydrogens is 421 g/mol. The molecule has 2 bridgehead atoms. The largest absolute Gasteiger partial charge is 0.485 e. The normalized spacial score (nSPS) is 30.9. The van der Waals surface area contributed by atoms with Crippen LogP contribution in [0.1, 0.15) is 27.9 Å². The SMILES string of the molecule is Cc1ccc(C(=O)COc2ccc(N3C(=O)[C@@H]4[C@H](C3=O)[C@@H]3C=C[C@H]4C4CC43)c(F)c2)cc1C. The Morgan fingerprint density at radius 2 is 1.64 bits per heavy atom. The van der Waals surface area contributed by atoms with Crippen LogP contribution >= 0.6 is 0 Å². The van der Waals surface area contributed by atoms with Gasteiger partial charge in [0.1, 0.15) is 5.75 Å². The van der Waals surface area contributed by atoms with Crippen molar-refractivity contribution in [2.75, 3.05) is 11.5 Å². The lowest BCUT2D eigenvalue weighted by atomic mass is 9.63. The van der Waals surface area contributed by atoms with Crippen LogP contribution in [-0.4, -0.2) is 24.2 Å². The minimum atomic E-state index is -0.711. The van der Waals surface area contributed by atoms with Gasteiger partial charge in [-0.1, -0.05) is 24.3 Å². The molecule has 33 heavy (non-hydrogen) atoms. The predicted molar refractivity (Wildman–Crippen MR) is 119 cm³/mol. The molecule has 2 aromatic rings. The Bertz CT molecular complexity index is 1210. The zero-order valence-corrected chi connectivity index (χ0v) is 18.5. The van der Waals surface area contributed by atoms with Crippen molar-refractivity contribution in [2.24, 2.45) is 35.5 Å². The Hall–Kier alpha value is -3.28. The average Bonchev–Trinajstić information content (AvgIpc) is 3.58. The highest BCUT2D eigenvalue weighted by atomic mass is 19.1. The van der Waals surface area contributed by atoms with Crippen LogP contribution in [0.25, 0.3) is 0 Å². The Balaban J connectivity index is 1.19. The van der Waals surface area contributed by atoms with E-state index in [1.807, 2.05) is 19.9 Å². The number of nitrogens with zero attached hydrogens (tertiary/aromatic N) is 1. The maximum atomic E-state index is 15.0. The maximum Gasteiger partial charge on any atom is 0.238 e. The Labute approximate surface area is 191 Å². The molecule has 0 spiro atoms. The van der Waals surface area contributed by atoms with Gasteiger partial charge in [-0.2, -0.15) is 0 Å². The second kappa shape index (κ2) is 7.11. The molecule has 0 aromatic heterocycles. The van der Waals surface area contributed by atoms with Gasteiger partial charge in [-0.15, -0.1) is 0 Å². The average molecular weight is 445 g/mol. The number of allylic oxidation sites excluding steroid dienone is 2. The molecule has 0 N–H and O–H groups in total. The summed E-state index contributed by atoms with van der Waals surface area (Å²) in [4.78, 5) is 39.9. The van der Waals surface area contributed by atoms with Crippen molar-refractivity contribution in [1.82, 2.24) is 0 Å². The first-order valence-corrected chi connectivity index (χ1v) is 11.4. The summed E-state index contributed by atoms with van der Waals surface area (Å²) in [6.45, 7) is 3.67. The maximum absolute atomic E-state index is 15.0. The lowest BCUT2D eigenvalue weighted by molar-refractivity contribution is -0.124. The zero-order chi connectivity index (χ0) is 23.0. The molecule has 4 aliphatic carbocycles. The molecule has 2 amide bonds. The van der Waals surface area contributed by atoms with Gasteiger partial charge in [0.05, 0.1) is 17.5 Å². The van der Waals surface area contributed by atoms with Gasteiger partial charge in [-0.05, 0) is 73.3 Å². The van der Waals surface area contributed by atoms with Crippen molar-refractivity contribution >= 4 is 23.3 Å². The van der Waals surface area contributed by atoms with E-state index in [1.54, 1.807) is 12.1 Å². The van der Waals surface area contributed by atoms with Crippen molar-refractivity contribution < 1.29 is 23.5 Å². The van der Waals surface area contributed by atoms with Crippen molar-refractivity contribution in [3.8, 4) is 5.75 Å². The van der Waals surface area contributed by atoms with E-state index in [9.17, 15) is 14.4 Å². The number of imide groups is 1. The molecule has 168 valence electrons. The van der Waals surface area contributed by atoms with Crippen LogP contribution in [-0.2, 0) is 9.59 Å². The number of hydrogen-bond acceptors (Lipinski definition) is 4. The molecule has 5 aliphatic rings. The second-order valence-corrected chi connectivity index (χ2v) is 9.79. The quantitative estimate of drug-likeness (QED) is 0.392. The standard InChI is InChI=1S/C27H24FNO4/c1-13-3-4-15(9-14(13)2)23(30)12-33-16-5-8-22(21(28)10-16)29-26(31)24-17-6-7-18(20-11-19(17)20)25(24)27(29)32/h3-10,17-20,24-25H,11-12H2,1-2H3/t17-,18+,19?,20?,24-,25+. The molecule has 1 heterocycles. The number of anilines is 1. The number of Topliss-reactive ketones (excluding diaryl/α,β-unsaturated/α-hetero) is 1. The molecule has 7 rings (SSSR count). The summed E-state index contributed by atoms with van der Waals surface area (Å²) < 4.78 is 20.6. The first-order valence-electron chi connectivity index (χ1n) is 11.4. The van der Waals surface area contributed by atoms with Gasteiger partial charge < -0.3 is 4.74 Å². The predicted octanol–water partition coefficient (Wildman–Crippen LogP) is 4.26. The van der Waals surface area contributed by atoms with Gasteiger partial charge in [0.2, 0.25) is 11.8 Å². The highest BCUT2D eigenvalue weighted by Crippen LogP contribution is 2.65. The number of hydrogen-bond donors (Lipinski definition) is 0. The fraction of sp³-hybridized carbons (Fsp3) is 0.370. The van der Waals surface area contributed by atoms with Gasteiger partial charge >= 0.3 is 0 Å². The molecule has 1 aliphatic heterocycles. The van der Waals surface area contributed by atoms with Crippen LogP contribution in [0.5, 0.6) is 5.75 Å². The van der Waals surface area contributed by atoms with Gasteiger partial charge in [-0.25, -0.2) is 9.29 Å². The summed E-state index contributed by atoms with van der Waals surface area (Å²) in [5.74, 6) is -0.921. The number of benzene rings is 2. The van der Waals surface area contributed by atoms with Crippen molar-refractivity contribution in [3.05, 3.63) is 71.1 Å². The number of aryl methyl sites for hydroxylation is 2. The van der Waals surface area contributed by atoms with Gasteiger partial charge in [-0.3, -0.25) is 14.4 Å². The molecule has 2 saturated carbocycles. The molecule has 3 fully saturated rings. The molecule has 6 atom stereocenters. The van der Waals surface area contributed by atoms with E-state index in [0.717, 1.165) is 28.5 Å². The third kappa shape index (κ3) is 3.00. The van der Waals surface area contributed by atoms with Crippen LogP contribution in [0.2, 0.25) is 0 Å². The van der Waals surface area contributed by atoms with Crippen molar-refractivity contribution in [1.29, 1.82) is 0 Å². The van der Waals surface area contributed by atoms with Gasteiger partial charge in [0, 0.05) is 11.6 Å². The highest BCUT2D eigenvalue weighted by Gasteiger charge is 2.67. The molecule has 0 radical (unpaired) electrons. The molecule has 1 saturated heterocycles. The van der Waals surface area contributed by atoms with E-state index < -0.39 is 5.82 Å². The number of ketones is 1. The highest BCUT2D eigenvalue weighted by molar-refractivity contribution is 6.22. The number of ether oxygens (including phenoxy) is 1. The summed E-state index contributed by atoms with van der Waals surface area (Å²) in [5, 5.41) is 0. The fourth-order valence-corrected chi connectivity index (χ4v) is 6.10. The van der Waals surface area contributed by atoms with E-state index in [0.29, 0.717) is 17.4 Å². The molecule has 2 aromatic carbocycles. The third-order valence-electron chi connectivity index (χ3n) is 8.02. The first kappa shape index (κ1) is 20.3. The van der Waals surface area contributed by atoms with Crippen LogP contribution in [0, 0.1) is 55.2 Å². The lowest BCUT2D eigenvalue weighted by Gasteiger charge is -2.37. The fourth-order valence-electron chi connectivity index (χ4n) is 6.10. The number of rotatable bonds is 5. The zero-order valence-electron chi connectivity index (χ0n) is 18.5. The number of halogens is 1. The van der Waals surface area contributed by atoms with Gasteiger partial charge in [0.15, 0.2) is 18.2 Å². The van der Waals surface area contributed by atoms with E-state index in [-0.39, 0.29) is 59.3 Å². The van der Waals surface area contributed by atoms with E-state index in [2.05, 4.69) is 12.2 Å². The van der Waals surface area contributed by atoms with Crippen LogP contribution in [0.4, 0.5) is 10.1 Å². The Kier molecular flexibility index (Phi) is 4.38. The summed E-state index contributed by atoms with van der Waals surface area (Å²) in [6.07, 6.45) is 5.26. The molecule has 5 nitrogen and oxygen atoms in total. The smallest absolute Gasteiger partial charge is 0.238 e. The van der Waals surface area contributed by atoms with E-state index in [1.165, 1.54) is 12.1 Å². The monoisotopic (exact) mass is 445 g/mol. The minimum absolute atomic E-state index is 0.0414. The first-order chi connectivity index (χ1) is 15.8. The van der Waals surface area contributed by atoms with Crippen molar-refractivity contribution in [2.45, 2.75) is 20.3 Å². The topological polar surface area (TPSA) is 63.7 Å². The van der Waals surface area contributed by atoms with Crippen LogP contribution in [0.15, 0.2) is 48.6 Å². The van der Waals surface area contributed by atoms with Crippen molar-refractivity contribution in [3.63, 3.8) is 0 Å². The van der Waals surface area contributed by atoms with Crippen LogP contribution < -0.4 is 9.64 Å². The minimum Gasteiger partial charge on any atom is -0.485 e. The van der Waals surface area contributed by atoms with E-state index in [4.69, 9.17) is 4.74 Å². The summed E-state index contributed by atoms with van der Waals surface area (Å²) in [5.41, 5.74) is 2.60. The van der Waals surface area contributed by atoms with Gasteiger partial charge in [0.25, 0.3) is 0 Å². The number of carbonyl (C=O) groups excluding carboxylic acids is 3. The number of carbonyl (C=O) groups is 3. The Morgan fingerprint density at radius 3 is 2.24 bits per heavy atom. The Morgan fingerprint density at radius 1 is 0.970 bits per heavy atom. The number of amides is 2. The lowest BCUT2D eigenvalue weighted by Crippen LogP contribution is -2.40. The summed E-state index contributed by atoms with van der Waals surface area (Å²) in [6, 6.07) is 9.46. The molecule has 2 unspecified atom stereocenters.